The molecule has 1 aromatic heterocycles. The maximum Gasteiger partial charge on any atom is 0.261 e. The molecule has 1 amide bonds. The first-order chi connectivity index (χ1) is 14.3. The zero-order valence-corrected chi connectivity index (χ0v) is 18.6. The summed E-state index contributed by atoms with van der Waals surface area (Å²) in [6, 6.07) is 14.7. The van der Waals surface area contributed by atoms with E-state index < -0.39 is 10.0 Å². The Morgan fingerprint density at radius 1 is 1.13 bits per heavy atom. The molecule has 0 aliphatic heterocycles. The number of rotatable bonds is 9. The van der Waals surface area contributed by atoms with E-state index in [0.29, 0.717) is 12.1 Å². The minimum Gasteiger partial charge on any atom is -0.468 e. The van der Waals surface area contributed by atoms with Crippen LogP contribution in [0.25, 0.3) is 0 Å². The quantitative estimate of drug-likeness (QED) is 0.448. The lowest BCUT2D eigenvalue weighted by Gasteiger charge is -2.11. The van der Waals surface area contributed by atoms with Gasteiger partial charge in [0.2, 0.25) is 0 Å². The van der Waals surface area contributed by atoms with E-state index in [2.05, 4.69) is 10.0 Å². The van der Waals surface area contributed by atoms with Crippen LogP contribution in [0.5, 0.6) is 0 Å². The molecule has 158 valence electrons. The molecule has 0 saturated carbocycles. The van der Waals surface area contributed by atoms with Gasteiger partial charge in [0.15, 0.2) is 0 Å². The Morgan fingerprint density at radius 2 is 1.90 bits per heavy atom. The summed E-state index contributed by atoms with van der Waals surface area (Å²) in [5.74, 6) is 2.09. The van der Waals surface area contributed by atoms with Gasteiger partial charge in [-0.3, -0.25) is 9.52 Å². The fourth-order valence-corrected chi connectivity index (χ4v) is 4.69. The largest absolute Gasteiger partial charge is 0.468 e. The Morgan fingerprint density at radius 3 is 2.57 bits per heavy atom. The first-order valence-electron chi connectivity index (χ1n) is 9.12. The summed E-state index contributed by atoms with van der Waals surface area (Å²) in [4.78, 5) is 12.4. The van der Waals surface area contributed by atoms with Crippen molar-refractivity contribution in [1.29, 1.82) is 0 Å². The molecule has 6 nitrogen and oxygen atoms in total. The Kier molecular flexibility index (Phi) is 7.47. The van der Waals surface area contributed by atoms with Gasteiger partial charge in [0.25, 0.3) is 15.9 Å². The molecule has 3 rings (SSSR count). The highest BCUT2D eigenvalue weighted by Gasteiger charge is 2.16. The van der Waals surface area contributed by atoms with Crippen LogP contribution in [0.3, 0.4) is 0 Å². The molecule has 2 N–H and O–H groups in total. The highest BCUT2D eigenvalue weighted by atomic mass is 35.5. The summed E-state index contributed by atoms with van der Waals surface area (Å²) in [6.07, 6.45) is 1.63. The second-order valence-corrected chi connectivity index (χ2v) is 9.70. The van der Waals surface area contributed by atoms with Gasteiger partial charge in [-0.15, -0.1) is 0 Å². The highest BCUT2D eigenvalue weighted by molar-refractivity contribution is 7.98. The van der Waals surface area contributed by atoms with Gasteiger partial charge < -0.3 is 9.73 Å². The Hall–Kier alpha value is -2.42. The number of furan rings is 1. The van der Waals surface area contributed by atoms with E-state index in [4.69, 9.17) is 16.0 Å². The van der Waals surface area contributed by atoms with Crippen LogP contribution in [0.15, 0.2) is 70.2 Å². The summed E-state index contributed by atoms with van der Waals surface area (Å²) in [5, 5.41) is 2.96. The number of amides is 1. The Balaban J connectivity index is 1.55. The van der Waals surface area contributed by atoms with Gasteiger partial charge in [0.1, 0.15) is 5.76 Å². The molecular formula is C21H21ClN2O4S2. The van der Waals surface area contributed by atoms with Crippen LogP contribution in [-0.4, -0.2) is 26.6 Å². The standard InChI is InChI=1S/C21H21ClN2O4S2/c1-15-4-7-18(8-5-15)30(26,27)24-20-9-6-16(13-19(20)22)21(25)23-10-12-29-14-17-3-2-11-28-17/h2-9,11,13,24H,10,12,14H2,1H3,(H,23,25). The summed E-state index contributed by atoms with van der Waals surface area (Å²) >= 11 is 7.86. The molecule has 0 radical (unpaired) electrons. The molecule has 0 bridgehead atoms. The van der Waals surface area contributed by atoms with Crippen molar-refractivity contribution in [2.45, 2.75) is 17.6 Å². The average Bonchev–Trinajstić information content (AvgIpc) is 3.23. The van der Waals surface area contributed by atoms with Crippen molar-refractivity contribution in [3.05, 3.63) is 82.8 Å². The van der Waals surface area contributed by atoms with Crippen LogP contribution in [0.1, 0.15) is 21.7 Å². The predicted octanol–water partition coefficient (Wildman–Crippen LogP) is 4.71. The molecule has 3 aromatic rings. The Labute approximate surface area is 185 Å². The molecule has 0 aliphatic rings. The number of carbonyl (C=O) groups is 1. The number of nitrogens with one attached hydrogen (secondary N) is 2. The van der Waals surface area contributed by atoms with Crippen molar-refractivity contribution >= 4 is 45.0 Å². The zero-order valence-electron chi connectivity index (χ0n) is 16.2. The number of aryl methyl sites for hydroxylation is 1. The maximum atomic E-state index is 12.5. The van der Waals surface area contributed by atoms with Crippen LogP contribution >= 0.6 is 23.4 Å². The first kappa shape index (κ1) is 22.3. The lowest BCUT2D eigenvalue weighted by molar-refractivity contribution is 0.0956. The average molecular weight is 465 g/mol. The predicted molar refractivity (Wildman–Crippen MR) is 121 cm³/mol. The first-order valence-corrected chi connectivity index (χ1v) is 12.1. The number of sulfonamides is 1. The highest BCUT2D eigenvalue weighted by Crippen LogP contribution is 2.26. The molecule has 0 saturated heterocycles. The third kappa shape index (κ3) is 6.04. The molecule has 0 fully saturated rings. The van der Waals surface area contributed by atoms with E-state index in [-0.39, 0.29) is 21.5 Å². The van der Waals surface area contributed by atoms with Crippen molar-refractivity contribution in [1.82, 2.24) is 5.32 Å². The number of thioether (sulfide) groups is 1. The smallest absolute Gasteiger partial charge is 0.261 e. The molecule has 0 aliphatic carbocycles. The van der Waals surface area contributed by atoms with Crippen molar-refractivity contribution in [2.75, 3.05) is 17.0 Å². The van der Waals surface area contributed by atoms with Crippen LogP contribution in [0.2, 0.25) is 5.02 Å². The molecule has 0 unspecified atom stereocenters. The number of halogens is 1. The molecule has 2 aromatic carbocycles. The molecule has 1 heterocycles. The van der Waals surface area contributed by atoms with Crippen molar-refractivity contribution in [2.24, 2.45) is 0 Å². The molecule has 0 spiro atoms. The normalized spacial score (nSPS) is 11.3. The van der Waals surface area contributed by atoms with E-state index in [9.17, 15) is 13.2 Å². The van der Waals surface area contributed by atoms with E-state index in [1.54, 1.807) is 30.2 Å². The second kappa shape index (κ2) is 10.1. The third-order valence-electron chi connectivity index (χ3n) is 4.16. The van der Waals surface area contributed by atoms with Crippen molar-refractivity contribution in [3.8, 4) is 0 Å². The van der Waals surface area contributed by atoms with Crippen molar-refractivity contribution < 1.29 is 17.6 Å². The summed E-state index contributed by atoms with van der Waals surface area (Å²) < 4.78 is 32.7. The minimum atomic E-state index is -3.77. The maximum absolute atomic E-state index is 12.5. The third-order valence-corrected chi connectivity index (χ3v) is 6.84. The van der Waals surface area contributed by atoms with Crippen LogP contribution in [0.4, 0.5) is 5.69 Å². The summed E-state index contributed by atoms with van der Waals surface area (Å²) in [6.45, 7) is 2.37. The second-order valence-electron chi connectivity index (χ2n) is 6.50. The zero-order chi connectivity index (χ0) is 21.6. The van der Waals surface area contributed by atoms with E-state index in [1.807, 2.05) is 19.1 Å². The van der Waals surface area contributed by atoms with E-state index in [0.717, 1.165) is 22.8 Å². The molecule has 9 heteroatoms. The molecular weight excluding hydrogens is 444 g/mol. The van der Waals surface area contributed by atoms with Crippen LogP contribution in [0, 0.1) is 6.92 Å². The minimum absolute atomic E-state index is 0.137. The van der Waals surface area contributed by atoms with Crippen LogP contribution in [-0.2, 0) is 15.8 Å². The molecule has 0 atom stereocenters. The number of hydrogen-bond acceptors (Lipinski definition) is 5. The van der Waals surface area contributed by atoms with E-state index in [1.165, 1.54) is 30.3 Å². The van der Waals surface area contributed by atoms with E-state index >= 15 is 0 Å². The van der Waals surface area contributed by atoms with Gasteiger partial charge in [-0.25, -0.2) is 8.42 Å². The SMILES string of the molecule is Cc1ccc(S(=O)(=O)Nc2ccc(C(=O)NCCSCc3ccco3)cc2Cl)cc1. The Bertz CT molecular complexity index is 1100. The fraction of sp³-hybridized carbons (Fsp3) is 0.190. The molecule has 30 heavy (non-hydrogen) atoms. The van der Waals surface area contributed by atoms with Crippen LogP contribution < -0.4 is 10.0 Å². The summed E-state index contributed by atoms with van der Waals surface area (Å²) in [5.41, 5.74) is 1.53. The lowest BCUT2D eigenvalue weighted by Crippen LogP contribution is -2.25. The van der Waals surface area contributed by atoms with Gasteiger partial charge in [0.05, 0.1) is 27.6 Å². The van der Waals surface area contributed by atoms with Gasteiger partial charge >= 0.3 is 0 Å². The van der Waals surface area contributed by atoms with Gasteiger partial charge in [-0.05, 0) is 49.4 Å². The topological polar surface area (TPSA) is 88.4 Å². The van der Waals surface area contributed by atoms with Gasteiger partial charge in [0, 0.05) is 17.9 Å². The number of anilines is 1. The van der Waals surface area contributed by atoms with Gasteiger partial charge in [-0.1, -0.05) is 29.3 Å². The monoisotopic (exact) mass is 464 g/mol. The number of benzene rings is 2. The number of hydrogen-bond donors (Lipinski definition) is 2. The van der Waals surface area contributed by atoms with Gasteiger partial charge in [-0.2, -0.15) is 11.8 Å². The number of carbonyl (C=O) groups excluding carboxylic acids is 1. The summed E-state index contributed by atoms with van der Waals surface area (Å²) in [7, 11) is -3.77. The lowest BCUT2D eigenvalue weighted by atomic mass is 10.2. The fourth-order valence-electron chi connectivity index (χ4n) is 2.57. The van der Waals surface area contributed by atoms with Crippen molar-refractivity contribution in [3.63, 3.8) is 0 Å².